The largest absolute Gasteiger partial charge is 0.465 e. The molecule has 43 heavy (non-hydrogen) atoms. The van der Waals surface area contributed by atoms with Crippen molar-refractivity contribution < 1.29 is 63.0 Å². The summed E-state index contributed by atoms with van der Waals surface area (Å²) < 4.78 is 28.7. The molecule has 0 amide bonds. The fourth-order valence-corrected chi connectivity index (χ4v) is 7.89. The molecule has 3 aliphatic rings. The molecule has 0 spiro atoms. The van der Waals surface area contributed by atoms with Crippen molar-refractivity contribution in [1.82, 2.24) is 0 Å². The highest BCUT2D eigenvalue weighted by atomic mass is 16.6. The number of fused-ring (bicyclic) bond motifs is 2. The lowest BCUT2D eigenvalue weighted by Crippen LogP contribution is -2.66. The standard InChI is InChI=1S/C30H44O13/c1-13-20(36)11-30(28(7,8)38)23(13)25(42-17(5)34)27(43-18(6)35)29(9)22(41-16(4)33)10-21(40-15(3)32)19(12-39-14(2)31)24(29)26(30)37/h19-22,24-27,36-38H,10-12H2,1-9H3. The summed E-state index contributed by atoms with van der Waals surface area (Å²) in [6, 6.07) is 0. The molecule has 0 bridgehead atoms. The predicted octanol–water partition coefficient (Wildman–Crippen LogP) is 1.13. The lowest BCUT2D eigenvalue weighted by atomic mass is 9.52. The summed E-state index contributed by atoms with van der Waals surface area (Å²) in [4.78, 5) is 62.1. The average Bonchev–Trinajstić information content (AvgIpc) is 3.08. The van der Waals surface area contributed by atoms with E-state index in [1.807, 2.05) is 0 Å². The Balaban J connectivity index is 2.53. The minimum absolute atomic E-state index is 0.147. The molecule has 13 heteroatoms. The molecular formula is C30H44O13. The maximum Gasteiger partial charge on any atom is 0.303 e. The highest BCUT2D eigenvalue weighted by Gasteiger charge is 2.73. The Morgan fingerprint density at radius 1 is 0.860 bits per heavy atom. The van der Waals surface area contributed by atoms with Gasteiger partial charge in [-0.2, -0.15) is 0 Å². The quantitative estimate of drug-likeness (QED) is 0.211. The molecule has 13 nitrogen and oxygen atoms in total. The summed E-state index contributed by atoms with van der Waals surface area (Å²) in [5, 5.41) is 35.7. The van der Waals surface area contributed by atoms with E-state index in [1.54, 1.807) is 13.8 Å². The van der Waals surface area contributed by atoms with E-state index < -0.39 is 94.7 Å². The second kappa shape index (κ2) is 12.2. The van der Waals surface area contributed by atoms with Crippen molar-refractivity contribution in [3.63, 3.8) is 0 Å². The van der Waals surface area contributed by atoms with E-state index in [4.69, 9.17) is 23.7 Å². The van der Waals surface area contributed by atoms with Crippen molar-refractivity contribution in [2.45, 2.75) is 117 Å². The van der Waals surface area contributed by atoms with Gasteiger partial charge >= 0.3 is 29.8 Å². The van der Waals surface area contributed by atoms with Crippen LogP contribution >= 0.6 is 0 Å². The molecule has 2 saturated carbocycles. The van der Waals surface area contributed by atoms with Gasteiger partial charge < -0.3 is 39.0 Å². The minimum atomic E-state index is -1.80. The van der Waals surface area contributed by atoms with Gasteiger partial charge in [-0.05, 0) is 38.3 Å². The lowest BCUT2D eigenvalue weighted by molar-refractivity contribution is -0.244. The van der Waals surface area contributed by atoms with Crippen molar-refractivity contribution in [2.24, 2.45) is 22.7 Å². The number of aliphatic hydroxyl groups excluding tert-OH is 2. The Morgan fingerprint density at radius 2 is 1.40 bits per heavy atom. The molecule has 0 saturated heterocycles. The normalized spacial score (nSPS) is 37.3. The molecule has 3 aliphatic carbocycles. The zero-order chi connectivity index (χ0) is 32.8. The first-order valence-corrected chi connectivity index (χ1v) is 14.3. The van der Waals surface area contributed by atoms with Crippen LogP contribution in [0.3, 0.4) is 0 Å². The summed E-state index contributed by atoms with van der Waals surface area (Å²) in [6.45, 7) is 11.5. The van der Waals surface area contributed by atoms with Gasteiger partial charge in [-0.1, -0.05) is 6.92 Å². The molecule has 0 radical (unpaired) electrons. The van der Waals surface area contributed by atoms with Crippen molar-refractivity contribution in [3.8, 4) is 0 Å². The maximum atomic E-state index is 12.7. The summed E-state index contributed by atoms with van der Waals surface area (Å²) in [7, 11) is 0. The molecule has 0 heterocycles. The van der Waals surface area contributed by atoms with Crippen LogP contribution in [0.2, 0.25) is 0 Å². The van der Waals surface area contributed by atoms with Gasteiger partial charge in [0.05, 0.1) is 35.2 Å². The smallest absolute Gasteiger partial charge is 0.303 e. The number of carbonyl (C=O) groups is 5. The topological polar surface area (TPSA) is 192 Å². The third kappa shape index (κ3) is 6.03. The van der Waals surface area contributed by atoms with Crippen LogP contribution in [-0.4, -0.2) is 94.0 Å². The van der Waals surface area contributed by atoms with Gasteiger partial charge in [0.1, 0.15) is 12.2 Å². The molecule has 3 rings (SSSR count). The molecule has 2 fully saturated rings. The first-order chi connectivity index (χ1) is 19.7. The van der Waals surface area contributed by atoms with Gasteiger partial charge in [0.2, 0.25) is 0 Å². The van der Waals surface area contributed by atoms with Crippen LogP contribution in [0.15, 0.2) is 11.1 Å². The third-order valence-electron chi connectivity index (χ3n) is 9.52. The van der Waals surface area contributed by atoms with E-state index in [2.05, 4.69) is 0 Å². The van der Waals surface area contributed by atoms with Crippen LogP contribution in [0.25, 0.3) is 0 Å². The van der Waals surface area contributed by atoms with Crippen LogP contribution < -0.4 is 0 Å². The highest BCUT2D eigenvalue weighted by Crippen LogP contribution is 2.65. The lowest BCUT2D eigenvalue weighted by Gasteiger charge is -2.57. The number of rotatable bonds is 7. The number of hydrogen-bond acceptors (Lipinski definition) is 13. The van der Waals surface area contributed by atoms with E-state index in [0.29, 0.717) is 5.57 Å². The first-order valence-electron chi connectivity index (χ1n) is 14.3. The second-order valence-corrected chi connectivity index (χ2v) is 12.7. The molecule has 3 N–H and O–H groups in total. The number of hydrogen-bond donors (Lipinski definition) is 3. The Kier molecular flexibility index (Phi) is 9.75. The van der Waals surface area contributed by atoms with Gasteiger partial charge in [-0.15, -0.1) is 0 Å². The number of esters is 5. The zero-order valence-electron chi connectivity index (χ0n) is 26.2. The third-order valence-corrected chi connectivity index (χ3v) is 9.52. The Hall–Kier alpha value is -3.03. The van der Waals surface area contributed by atoms with Gasteiger partial charge in [0, 0.05) is 52.9 Å². The fraction of sp³-hybridized carbons (Fsp3) is 0.767. The Bertz CT molecular complexity index is 1180. The van der Waals surface area contributed by atoms with Gasteiger partial charge in [0.15, 0.2) is 12.2 Å². The Labute approximate surface area is 250 Å². The number of carbonyl (C=O) groups excluding carboxylic acids is 5. The first kappa shape index (κ1) is 34.5. The van der Waals surface area contributed by atoms with Crippen molar-refractivity contribution in [1.29, 1.82) is 0 Å². The molecule has 10 unspecified atom stereocenters. The molecular weight excluding hydrogens is 568 g/mol. The molecule has 0 aromatic heterocycles. The van der Waals surface area contributed by atoms with Crippen molar-refractivity contribution in [2.75, 3.05) is 6.61 Å². The van der Waals surface area contributed by atoms with Crippen LogP contribution in [0.1, 0.15) is 75.2 Å². The molecule has 0 aromatic rings. The van der Waals surface area contributed by atoms with Crippen molar-refractivity contribution in [3.05, 3.63) is 11.1 Å². The predicted molar refractivity (Wildman–Crippen MR) is 147 cm³/mol. The van der Waals surface area contributed by atoms with E-state index in [1.165, 1.54) is 27.7 Å². The van der Waals surface area contributed by atoms with Crippen LogP contribution in [0, 0.1) is 22.7 Å². The summed E-state index contributed by atoms with van der Waals surface area (Å²) in [5.41, 5.74) is -4.68. The van der Waals surface area contributed by atoms with Gasteiger partial charge in [-0.25, -0.2) is 0 Å². The zero-order valence-corrected chi connectivity index (χ0v) is 26.2. The van der Waals surface area contributed by atoms with Crippen LogP contribution in [0.5, 0.6) is 0 Å². The minimum Gasteiger partial charge on any atom is -0.465 e. The van der Waals surface area contributed by atoms with E-state index in [0.717, 1.165) is 20.8 Å². The van der Waals surface area contributed by atoms with Crippen LogP contribution in [0.4, 0.5) is 0 Å². The van der Waals surface area contributed by atoms with E-state index in [9.17, 15) is 39.3 Å². The molecule has 0 aromatic carbocycles. The monoisotopic (exact) mass is 612 g/mol. The SMILES string of the molecule is CC(=O)OCC1C(OC(C)=O)CC(OC(C)=O)C2(C)C(OC(C)=O)C(OC(C)=O)C3=C(C)C(O)CC3(C(C)(C)O)C(O)C12. The van der Waals surface area contributed by atoms with Crippen LogP contribution in [-0.2, 0) is 47.7 Å². The van der Waals surface area contributed by atoms with Gasteiger partial charge in [-0.3, -0.25) is 24.0 Å². The molecule has 0 aliphatic heterocycles. The number of ether oxygens (including phenoxy) is 5. The van der Waals surface area contributed by atoms with E-state index >= 15 is 0 Å². The average molecular weight is 613 g/mol. The summed E-state index contributed by atoms with van der Waals surface area (Å²) >= 11 is 0. The summed E-state index contributed by atoms with van der Waals surface area (Å²) in [5.74, 6) is -5.84. The molecule has 242 valence electrons. The van der Waals surface area contributed by atoms with Crippen molar-refractivity contribution >= 4 is 29.8 Å². The van der Waals surface area contributed by atoms with E-state index in [-0.39, 0.29) is 25.0 Å². The molecule has 10 atom stereocenters. The van der Waals surface area contributed by atoms with Gasteiger partial charge in [0.25, 0.3) is 0 Å². The maximum absolute atomic E-state index is 12.7. The Morgan fingerprint density at radius 3 is 1.86 bits per heavy atom. The second-order valence-electron chi connectivity index (χ2n) is 12.7. The fourth-order valence-electron chi connectivity index (χ4n) is 7.89. The number of aliphatic hydroxyl groups is 3. The summed E-state index contributed by atoms with van der Waals surface area (Å²) in [6.07, 6.45) is -8.37. The highest BCUT2D eigenvalue weighted by molar-refractivity contribution is 5.69.